The molecule has 1 aliphatic heterocycles. The van der Waals surface area contributed by atoms with Crippen LogP contribution in [0.25, 0.3) is 11.1 Å². The van der Waals surface area contributed by atoms with Crippen LogP contribution >= 0.6 is 0 Å². The van der Waals surface area contributed by atoms with E-state index in [1.54, 1.807) is 0 Å². The summed E-state index contributed by atoms with van der Waals surface area (Å²) in [6.45, 7) is 7.80. The standard InChI is InChI=1S/C29H37N5O2/c1-5-7-27-20-33(19-23-13-21(2)12-22(14-23)15-28(35)36)10-11-34(27)29-30-17-25(18-31-29)24-8-6-9-26(16-24)32(3)4/h6,8-9,12-14,16-18,27H,5,7,10-11,15,19-20H2,1-4H3,(H,35,36)/t27-/m1/s1. The molecule has 2 heterocycles. The molecule has 1 fully saturated rings. The third-order valence-corrected chi connectivity index (χ3v) is 6.74. The molecular formula is C29H37N5O2. The molecule has 190 valence electrons. The van der Waals surface area contributed by atoms with Crippen molar-refractivity contribution in [3.8, 4) is 11.1 Å². The molecule has 0 aliphatic carbocycles. The first kappa shape index (κ1) is 25.6. The summed E-state index contributed by atoms with van der Waals surface area (Å²) in [4.78, 5) is 27.6. The fourth-order valence-corrected chi connectivity index (χ4v) is 5.06. The molecule has 1 atom stereocenters. The Morgan fingerprint density at radius 1 is 1.06 bits per heavy atom. The molecule has 1 aromatic heterocycles. The van der Waals surface area contributed by atoms with Gasteiger partial charge < -0.3 is 14.9 Å². The van der Waals surface area contributed by atoms with Crippen LogP contribution in [0.4, 0.5) is 11.6 Å². The minimum Gasteiger partial charge on any atom is -0.481 e. The molecule has 0 spiro atoms. The third kappa shape index (κ3) is 6.40. The van der Waals surface area contributed by atoms with Gasteiger partial charge in [0, 0.05) is 70.0 Å². The molecule has 3 aromatic rings. The lowest BCUT2D eigenvalue weighted by molar-refractivity contribution is -0.136. The zero-order chi connectivity index (χ0) is 25.7. The van der Waals surface area contributed by atoms with E-state index in [4.69, 9.17) is 9.97 Å². The number of hydrogen-bond acceptors (Lipinski definition) is 6. The van der Waals surface area contributed by atoms with E-state index in [-0.39, 0.29) is 6.42 Å². The van der Waals surface area contributed by atoms with E-state index in [1.165, 1.54) is 5.56 Å². The second kappa shape index (κ2) is 11.5. The number of carboxylic acid groups (broad SMARTS) is 1. The Kier molecular flexibility index (Phi) is 8.21. The smallest absolute Gasteiger partial charge is 0.307 e. The van der Waals surface area contributed by atoms with Crippen molar-refractivity contribution in [1.29, 1.82) is 0 Å². The van der Waals surface area contributed by atoms with Crippen LogP contribution in [0.15, 0.2) is 54.9 Å². The predicted octanol–water partition coefficient (Wildman–Crippen LogP) is 4.64. The summed E-state index contributed by atoms with van der Waals surface area (Å²) in [5.74, 6) is -0.000453. The molecule has 0 bridgehead atoms. The van der Waals surface area contributed by atoms with Gasteiger partial charge in [0.1, 0.15) is 0 Å². The van der Waals surface area contributed by atoms with Gasteiger partial charge in [0.2, 0.25) is 5.95 Å². The SMILES string of the molecule is CCC[C@@H]1CN(Cc2cc(C)cc(CC(=O)O)c2)CCN1c1ncc(-c2cccc(N(C)C)c2)cn1. The summed E-state index contributed by atoms with van der Waals surface area (Å²) in [5, 5.41) is 9.19. The van der Waals surface area contributed by atoms with E-state index in [0.29, 0.717) is 6.04 Å². The highest BCUT2D eigenvalue weighted by molar-refractivity contribution is 5.70. The summed E-state index contributed by atoms with van der Waals surface area (Å²) in [7, 11) is 4.08. The van der Waals surface area contributed by atoms with Crippen molar-refractivity contribution in [1.82, 2.24) is 14.9 Å². The first-order valence-electron chi connectivity index (χ1n) is 12.7. The fourth-order valence-electron chi connectivity index (χ4n) is 5.06. The summed E-state index contributed by atoms with van der Waals surface area (Å²) >= 11 is 0. The number of rotatable bonds is 9. The Morgan fingerprint density at radius 3 is 2.50 bits per heavy atom. The maximum absolute atomic E-state index is 11.2. The van der Waals surface area contributed by atoms with E-state index in [1.807, 2.05) is 45.5 Å². The topological polar surface area (TPSA) is 72.8 Å². The molecule has 0 unspecified atom stereocenters. The zero-order valence-corrected chi connectivity index (χ0v) is 21.8. The van der Waals surface area contributed by atoms with Crippen LogP contribution in [0.5, 0.6) is 0 Å². The number of aliphatic carboxylic acids is 1. The molecule has 7 nitrogen and oxygen atoms in total. The highest BCUT2D eigenvalue weighted by Crippen LogP contribution is 2.26. The lowest BCUT2D eigenvalue weighted by Gasteiger charge is -2.41. The number of anilines is 2. The van der Waals surface area contributed by atoms with Crippen molar-refractivity contribution >= 4 is 17.6 Å². The van der Waals surface area contributed by atoms with Crippen LogP contribution in [-0.2, 0) is 17.8 Å². The van der Waals surface area contributed by atoms with Crippen LogP contribution in [0, 0.1) is 6.92 Å². The van der Waals surface area contributed by atoms with Gasteiger partial charge >= 0.3 is 5.97 Å². The van der Waals surface area contributed by atoms with Gasteiger partial charge in [0.05, 0.1) is 6.42 Å². The van der Waals surface area contributed by atoms with Crippen molar-refractivity contribution in [3.63, 3.8) is 0 Å². The van der Waals surface area contributed by atoms with Crippen LogP contribution < -0.4 is 9.80 Å². The quantitative estimate of drug-likeness (QED) is 0.472. The van der Waals surface area contributed by atoms with Gasteiger partial charge in [-0.25, -0.2) is 9.97 Å². The number of benzene rings is 2. The van der Waals surface area contributed by atoms with Gasteiger partial charge in [-0.3, -0.25) is 9.69 Å². The van der Waals surface area contributed by atoms with E-state index in [9.17, 15) is 9.90 Å². The molecule has 1 aliphatic rings. The van der Waals surface area contributed by atoms with Crippen LogP contribution in [0.2, 0.25) is 0 Å². The molecule has 36 heavy (non-hydrogen) atoms. The van der Waals surface area contributed by atoms with Crippen LogP contribution in [-0.4, -0.2) is 65.7 Å². The molecule has 1 N–H and O–H groups in total. The first-order valence-corrected chi connectivity index (χ1v) is 12.7. The van der Waals surface area contributed by atoms with E-state index in [0.717, 1.165) is 72.9 Å². The van der Waals surface area contributed by atoms with E-state index in [2.05, 4.69) is 52.0 Å². The van der Waals surface area contributed by atoms with Gasteiger partial charge in [-0.15, -0.1) is 0 Å². The van der Waals surface area contributed by atoms with Crippen molar-refractivity contribution in [3.05, 3.63) is 71.5 Å². The fraction of sp³-hybridized carbons (Fsp3) is 0.414. The lowest BCUT2D eigenvalue weighted by Crippen LogP contribution is -2.53. The van der Waals surface area contributed by atoms with Gasteiger partial charge in [0.25, 0.3) is 0 Å². The number of hydrogen-bond donors (Lipinski definition) is 1. The second-order valence-electron chi connectivity index (χ2n) is 9.98. The number of aromatic nitrogens is 2. The lowest BCUT2D eigenvalue weighted by atomic mass is 10.0. The number of piperazine rings is 1. The average molecular weight is 488 g/mol. The molecule has 7 heteroatoms. The van der Waals surface area contributed by atoms with Gasteiger partial charge in [0.15, 0.2) is 0 Å². The van der Waals surface area contributed by atoms with Gasteiger partial charge in [-0.05, 0) is 42.2 Å². The summed E-state index contributed by atoms with van der Waals surface area (Å²) in [5.41, 5.74) is 6.44. The van der Waals surface area contributed by atoms with Crippen molar-refractivity contribution in [2.75, 3.05) is 43.5 Å². The third-order valence-electron chi connectivity index (χ3n) is 6.74. The Hall–Kier alpha value is -3.45. The minimum atomic E-state index is -0.792. The van der Waals surface area contributed by atoms with E-state index >= 15 is 0 Å². The molecule has 4 rings (SSSR count). The molecule has 2 aromatic carbocycles. The highest BCUT2D eigenvalue weighted by Gasteiger charge is 2.28. The summed E-state index contributed by atoms with van der Waals surface area (Å²) in [6.07, 6.45) is 6.10. The van der Waals surface area contributed by atoms with Crippen molar-refractivity contribution < 1.29 is 9.90 Å². The highest BCUT2D eigenvalue weighted by atomic mass is 16.4. The average Bonchev–Trinajstić information content (AvgIpc) is 2.84. The molecule has 0 amide bonds. The minimum absolute atomic E-state index is 0.0632. The van der Waals surface area contributed by atoms with Crippen LogP contribution in [0.1, 0.15) is 36.5 Å². The number of carboxylic acids is 1. The molecular weight excluding hydrogens is 450 g/mol. The van der Waals surface area contributed by atoms with E-state index < -0.39 is 5.97 Å². The molecule has 0 radical (unpaired) electrons. The normalized spacial score (nSPS) is 16.2. The largest absolute Gasteiger partial charge is 0.481 e. The van der Waals surface area contributed by atoms with Gasteiger partial charge in [-0.1, -0.05) is 49.2 Å². The number of nitrogens with zero attached hydrogens (tertiary/aromatic N) is 5. The maximum Gasteiger partial charge on any atom is 0.307 e. The first-order chi connectivity index (χ1) is 17.3. The maximum atomic E-state index is 11.2. The Balaban J connectivity index is 1.46. The number of carbonyl (C=O) groups is 1. The predicted molar refractivity (Wildman–Crippen MR) is 146 cm³/mol. The van der Waals surface area contributed by atoms with Crippen LogP contribution in [0.3, 0.4) is 0 Å². The Labute approximate surface area is 214 Å². The Bertz CT molecular complexity index is 1180. The molecule has 1 saturated heterocycles. The van der Waals surface area contributed by atoms with Crippen molar-refractivity contribution in [2.24, 2.45) is 0 Å². The monoisotopic (exact) mass is 487 g/mol. The molecule has 0 saturated carbocycles. The van der Waals surface area contributed by atoms with Gasteiger partial charge in [-0.2, -0.15) is 0 Å². The zero-order valence-electron chi connectivity index (χ0n) is 21.8. The Morgan fingerprint density at radius 2 is 1.81 bits per heavy atom. The van der Waals surface area contributed by atoms with Crippen molar-refractivity contribution in [2.45, 2.75) is 45.7 Å². The summed E-state index contributed by atoms with van der Waals surface area (Å²) in [6, 6.07) is 14.9. The number of aryl methyl sites for hydroxylation is 1. The second-order valence-corrected chi connectivity index (χ2v) is 9.98. The summed E-state index contributed by atoms with van der Waals surface area (Å²) < 4.78 is 0.